The number of nitrogens with one attached hydrogen (secondary N) is 1. The molecule has 1 rings (SSSR count). The molecule has 40 heavy (non-hydrogen) atoms. The van der Waals surface area contributed by atoms with Crippen LogP contribution in [0, 0.1) is 0 Å². The first kappa shape index (κ1) is 34.4. The van der Waals surface area contributed by atoms with Crippen LogP contribution in [0.1, 0.15) is 12.0 Å². The molecule has 6 N–H and O–H groups in total. The predicted molar refractivity (Wildman–Crippen MR) is 140 cm³/mol. The van der Waals surface area contributed by atoms with Gasteiger partial charge in [-0.25, -0.2) is 0 Å². The van der Waals surface area contributed by atoms with E-state index in [9.17, 15) is 34.2 Å². The van der Waals surface area contributed by atoms with Crippen molar-refractivity contribution in [3.63, 3.8) is 0 Å². The summed E-state index contributed by atoms with van der Waals surface area (Å²) in [5, 5.41) is 48.6. The Labute approximate surface area is 231 Å². The summed E-state index contributed by atoms with van der Waals surface area (Å²) in [7, 11) is 0. The number of rotatable bonds is 23. The van der Waals surface area contributed by atoms with Crippen LogP contribution in [0.4, 0.5) is 0 Å². The van der Waals surface area contributed by atoms with Crippen LogP contribution in [0.25, 0.3) is 0 Å². The van der Waals surface area contributed by atoms with Crippen LogP contribution in [-0.4, -0.2) is 148 Å². The smallest absolute Gasteiger partial charge is 0.317 e. The minimum absolute atomic E-state index is 0.0212. The van der Waals surface area contributed by atoms with E-state index >= 15 is 0 Å². The van der Waals surface area contributed by atoms with E-state index in [1.54, 1.807) is 0 Å². The van der Waals surface area contributed by atoms with Gasteiger partial charge in [0.15, 0.2) is 0 Å². The third-order valence-electron chi connectivity index (χ3n) is 5.62. The number of carboxylic acids is 4. The largest absolute Gasteiger partial charge is 0.480 e. The van der Waals surface area contributed by atoms with Gasteiger partial charge in [0.05, 0.1) is 39.4 Å². The summed E-state index contributed by atoms with van der Waals surface area (Å²) < 4.78 is 5.73. The molecule has 0 fully saturated rings. The lowest BCUT2D eigenvalue weighted by Crippen LogP contribution is -2.53. The van der Waals surface area contributed by atoms with E-state index in [1.165, 1.54) is 9.80 Å². The van der Waals surface area contributed by atoms with Crippen molar-refractivity contribution in [3.8, 4) is 0 Å². The lowest BCUT2D eigenvalue weighted by Gasteiger charge is -2.32. The number of hydrogen-bond donors (Lipinski definition) is 6. The van der Waals surface area contributed by atoms with Gasteiger partial charge in [-0.3, -0.25) is 38.7 Å². The number of aliphatic carboxylic acids is 4. The Bertz CT molecular complexity index is 932. The molecule has 0 spiro atoms. The molecule has 1 unspecified atom stereocenters. The molecule has 0 radical (unpaired) electrons. The number of nitrogens with zero attached hydrogens (tertiary/aromatic N) is 3. The molecule has 1 amide bonds. The van der Waals surface area contributed by atoms with Gasteiger partial charge in [-0.05, 0) is 12.0 Å². The lowest BCUT2D eigenvalue weighted by atomic mass is 10.2. The van der Waals surface area contributed by atoms with Crippen molar-refractivity contribution in [3.05, 3.63) is 35.9 Å². The van der Waals surface area contributed by atoms with Gasteiger partial charge in [-0.2, -0.15) is 0 Å². The molecule has 0 heterocycles. The van der Waals surface area contributed by atoms with Gasteiger partial charge in [0.25, 0.3) is 0 Å². The standard InChI is InChI=1S/C25H38N4O11/c30-12-4-7-26-25(39)20(18-40-17-19-5-2-1-3-6-19)29(16-24(37)38)11-10-27(13-21(31)32)8-9-28(14-22(33)34)15-23(35)36/h1-3,5-6,20,30H,4,7-18H2,(H,26,39)(H,31,32)(H,33,34)(H,35,36)(H,37,38). The second-order valence-electron chi connectivity index (χ2n) is 8.92. The minimum atomic E-state index is -1.25. The highest BCUT2D eigenvalue weighted by atomic mass is 16.5. The van der Waals surface area contributed by atoms with E-state index in [1.807, 2.05) is 30.3 Å². The summed E-state index contributed by atoms with van der Waals surface area (Å²) >= 11 is 0. The predicted octanol–water partition coefficient (Wildman–Crippen LogP) is -1.69. The van der Waals surface area contributed by atoms with Crippen molar-refractivity contribution in [2.24, 2.45) is 0 Å². The second kappa shape index (κ2) is 19.4. The normalized spacial score (nSPS) is 12.0. The van der Waals surface area contributed by atoms with Crippen molar-refractivity contribution in [1.29, 1.82) is 0 Å². The second-order valence-corrected chi connectivity index (χ2v) is 8.92. The Kier molecular flexibility index (Phi) is 16.7. The number of benzene rings is 1. The summed E-state index contributed by atoms with van der Waals surface area (Å²) in [6.45, 7) is -2.35. The topological polar surface area (TPSA) is 217 Å². The first-order valence-electron chi connectivity index (χ1n) is 12.6. The van der Waals surface area contributed by atoms with Crippen molar-refractivity contribution in [2.75, 3.05) is 72.1 Å². The molecule has 0 aliphatic carbocycles. The molecule has 0 saturated heterocycles. The summed E-state index contributed by atoms with van der Waals surface area (Å²) in [6, 6.07) is 8.07. The van der Waals surface area contributed by atoms with Gasteiger partial charge in [-0.15, -0.1) is 0 Å². The number of ether oxygens (including phenoxy) is 1. The van der Waals surface area contributed by atoms with E-state index in [-0.39, 0.29) is 59.0 Å². The molecule has 0 aromatic heterocycles. The Morgan fingerprint density at radius 3 is 1.82 bits per heavy atom. The van der Waals surface area contributed by atoms with Gasteiger partial charge in [-0.1, -0.05) is 30.3 Å². The van der Waals surface area contributed by atoms with Crippen molar-refractivity contribution < 1.29 is 54.2 Å². The maximum atomic E-state index is 13.0. The highest BCUT2D eigenvalue weighted by Crippen LogP contribution is 2.07. The van der Waals surface area contributed by atoms with Crippen LogP contribution in [0.2, 0.25) is 0 Å². The van der Waals surface area contributed by atoms with E-state index in [2.05, 4.69) is 5.32 Å². The fourth-order valence-electron chi connectivity index (χ4n) is 3.75. The van der Waals surface area contributed by atoms with E-state index < -0.39 is 62.0 Å². The zero-order valence-electron chi connectivity index (χ0n) is 22.2. The van der Waals surface area contributed by atoms with Crippen LogP contribution in [-0.2, 0) is 35.3 Å². The number of hydrogen-bond acceptors (Lipinski definition) is 10. The number of carbonyl (C=O) groups excluding carboxylic acids is 1. The Balaban J connectivity index is 3.01. The molecule has 0 bridgehead atoms. The van der Waals surface area contributed by atoms with Gasteiger partial charge in [0.1, 0.15) is 6.04 Å². The zero-order chi connectivity index (χ0) is 29.9. The monoisotopic (exact) mass is 570 g/mol. The van der Waals surface area contributed by atoms with E-state index in [4.69, 9.17) is 20.1 Å². The van der Waals surface area contributed by atoms with E-state index in [0.29, 0.717) is 0 Å². The molecule has 15 heteroatoms. The third-order valence-corrected chi connectivity index (χ3v) is 5.62. The van der Waals surface area contributed by atoms with Crippen LogP contribution >= 0.6 is 0 Å². The lowest BCUT2D eigenvalue weighted by molar-refractivity contribution is -0.143. The molecule has 1 aromatic carbocycles. The fourth-order valence-corrected chi connectivity index (χ4v) is 3.75. The average Bonchev–Trinajstić information content (AvgIpc) is 2.87. The average molecular weight is 571 g/mol. The fraction of sp³-hybridized carbons (Fsp3) is 0.560. The highest BCUT2D eigenvalue weighted by Gasteiger charge is 2.28. The minimum Gasteiger partial charge on any atom is -0.480 e. The first-order chi connectivity index (χ1) is 19.0. The SMILES string of the molecule is O=C(O)CN(CCN(CC(=O)O)CC(=O)O)CCN(CC(=O)O)C(COCc1ccccc1)C(=O)NCCCO. The van der Waals surface area contributed by atoms with Gasteiger partial charge in [0.2, 0.25) is 5.91 Å². The van der Waals surface area contributed by atoms with Gasteiger partial charge < -0.3 is 35.6 Å². The third kappa shape index (κ3) is 15.7. The number of aliphatic hydroxyl groups is 1. The molecular weight excluding hydrogens is 532 g/mol. The maximum absolute atomic E-state index is 13.0. The Hall–Kier alpha value is -3.63. The number of amides is 1. The molecule has 1 aromatic rings. The van der Waals surface area contributed by atoms with Crippen LogP contribution in [0.5, 0.6) is 0 Å². The van der Waals surface area contributed by atoms with E-state index in [0.717, 1.165) is 10.5 Å². The molecular formula is C25H38N4O11. The molecule has 0 aliphatic heterocycles. The Morgan fingerprint density at radius 1 is 0.750 bits per heavy atom. The maximum Gasteiger partial charge on any atom is 0.317 e. The molecule has 224 valence electrons. The van der Waals surface area contributed by atoms with Crippen molar-refractivity contribution in [2.45, 2.75) is 19.1 Å². The quantitative estimate of drug-likeness (QED) is 0.0810. The van der Waals surface area contributed by atoms with Crippen molar-refractivity contribution >= 4 is 29.8 Å². The van der Waals surface area contributed by atoms with Gasteiger partial charge in [0, 0.05) is 39.3 Å². The Morgan fingerprint density at radius 2 is 1.27 bits per heavy atom. The summed E-state index contributed by atoms with van der Waals surface area (Å²) in [5.74, 6) is -5.44. The molecule has 0 saturated carbocycles. The summed E-state index contributed by atoms with van der Waals surface area (Å²) in [5.41, 5.74) is 0.839. The summed E-state index contributed by atoms with van der Waals surface area (Å²) in [6.07, 6.45) is 0.290. The first-order valence-corrected chi connectivity index (χ1v) is 12.6. The van der Waals surface area contributed by atoms with Crippen LogP contribution < -0.4 is 5.32 Å². The van der Waals surface area contributed by atoms with Crippen molar-refractivity contribution in [1.82, 2.24) is 20.0 Å². The number of carboxylic acid groups (broad SMARTS) is 4. The molecule has 1 atom stereocenters. The molecule has 0 aliphatic rings. The van der Waals surface area contributed by atoms with Crippen LogP contribution in [0.15, 0.2) is 30.3 Å². The highest BCUT2D eigenvalue weighted by molar-refractivity contribution is 5.82. The number of aliphatic hydroxyl groups excluding tert-OH is 1. The summed E-state index contributed by atoms with van der Waals surface area (Å²) in [4.78, 5) is 62.1. The van der Waals surface area contributed by atoms with Crippen LogP contribution in [0.3, 0.4) is 0 Å². The number of carbonyl (C=O) groups is 5. The zero-order valence-corrected chi connectivity index (χ0v) is 22.2. The van der Waals surface area contributed by atoms with Gasteiger partial charge >= 0.3 is 23.9 Å². The molecule has 15 nitrogen and oxygen atoms in total.